The smallest absolute Gasteiger partial charge is 0.0431 e. The van der Waals surface area contributed by atoms with Crippen molar-refractivity contribution in [1.82, 2.24) is 10.2 Å². The third-order valence-corrected chi connectivity index (χ3v) is 2.66. The van der Waals surface area contributed by atoms with Crippen LogP contribution in [0.1, 0.15) is 40.0 Å². The van der Waals surface area contributed by atoms with Gasteiger partial charge in [0.15, 0.2) is 0 Å². The molecule has 0 bridgehead atoms. The van der Waals surface area contributed by atoms with Gasteiger partial charge in [0.25, 0.3) is 0 Å². The summed E-state index contributed by atoms with van der Waals surface area (Å²) in [4.78, 5) is 2.23. The van der Waals surface area contributed by atoms with Gasteiger partial charge >= 0.3 is 0 Å². The maximum absolute atomic E-state index is 8.80. The molecule has 0 aliphatic heterocycles. The first-order chi connectivity index (χ1) is 7.45. The van der Waals surface area contributed by atoms with Gasteiger partial charge in [0.2, 0.25) is 0 Å². The minimum atomic E-state index is 0.300. The molecule has 3 heteroatoms. The highest BCUT2D eigenvalue weighted by atomic mass is 16.2. The molecule has 0 aromatic rings. The minimum Gasteiger partial charge on any atom is -0.396 e. The van der Waals surface area contributed by atoms with Gasteiger partial charge in [-0.1, -0.05) is 13.8 Å². The standard InChI is InChI=1S/C13H30N2O/c1-11(2)9-13(10-15(4)5)14-12(3)7-6-8-16/h11-14,16H,6-10H2,1-5H3. The molecule has 2 atom stereocenters. The zero-order chi connectivity index (χ0) is 12.6. The Labute approximate surface area is 101 Å². The number of aliphatic hydroxyl groups excluding tert-OH is 1. The van der Waals surface area contributed by atoms with Gasteiger partial charge in [-0.25, -0.2) is 0 Å². The van der Waals surface area contributed by atoms with Crippen molar-refractivity contribution in [3.63, 3.8) is 0 Å². The molecule has 16 heavy (non-hydrogen) atoms. The van der Waals surface area contributed by atoms with Gasteiger partial charge in [-0.3, -0.25) is 0 Å². The fourth-order valence-corrected chi connectivity index (χ4v) is 2.09. The summed E-state index contributed by atoms with van der Waals surface area (Å²) >= 11 is 0. The number of likely N-dealkylation sites (N-methyl/N-ethyl adjacent to an activating group) is 1. The van der Waals surface area contributed by atoms with Gasteiger partial charge < -0.3 is 15.3 Å². The molecular formula is C13H30N2O. The molecule has 0 spiro atoms. The van der Waals surface area contributed by atoms with Crippen LogP contribution in [0.3, 0.4) is 0 Å². The summed E-state index contributed by atoms with van der Waals surface area (Å²) in [6.45, 7) is 8.13. The van der Waals surface area contributed by atoms with Crippen molar-refractivity contribution < 1.29 is 5.11 Å². The second-order valence-corrected chi connectivity index (χ2v) is 5.52. The predicted octanol–water partition coefficient (Wildman–Crippen LogP) is 1.71. The van der Waals surface area contributed by atoms with E-state index in [-0.39, 0.29) is 0 Å². The van der Waals surface area contributed by atoms with E-state index >= 15 is 0 Å². The summed E-state index contributed by atoms with van der Waals surface area (Å²) in [5.41, 5.74) is 0. The Balaban J connectivity index is 3.98. The summed E-state index contributed by atoms with van der Waals surface area (Å²) in [6, 6.07) is 1.06. The van der Waals surface area contributed by atoms with Crippen LogP contribution in [0.4, 0.5) is 0 Å². The first-order valence-corrected chi connectivity index (χ1v) is 6.47. The summed E-state index contributed by atoms with van der Waals surface area (Å²) in [5.74, 6) is 0.725. The second kappa shape index (κ2) is 8.97. The molecule has 2 N–H and O–H groups in total. The van der Waals surface area contributed by atoms with E-state index in [4.69, 9.17) is 5.11 Å². The van der Waals surface area contributed by atoms with Crippen LogP contribution in [0.25, 0.3) is 0 Å². The van der Waals surface area contributed by atoms with Crippen LogP contribution < -0.4 is 5.32 Å². The first-order valence-electron chi connectivity index (χ1n) is 6.47. The zero-order valence-electron chi connectivity index (χ0n) is 11.7. The highest BCUT2D eigenvalue weighted by molar-refractivity contribution is 4.75. The minimum absolute atomic E-state index is 0.300. The number of hydrogen-bond acceptors (Lipinski definition) is 3. The van der Waals surface area contributed by atoms with Crippen LogP contribution in [0, 0.1) is 5.92 Å². The Morgan fingerprint density at radius 3 is 2.25 bits per heavy atom. The fourth-order valence-electron chi connectivity index (χ4n) is 2.09. The van der Waals surface area contributed by atoms with Crippen molar-refractivity contribution in [2.75, 3.05) is 27.2 Å². The maximum atomic E-state index is 8.80. The molecule has 0 amide bonds. The summed E-state index contributed by atoms with van der Waals surface area (Å²) in [7, 11) is 4.24. The summed E-state index contributed by atoms with van der Waals surface area (Å²) in [5, 5.41) is 12.5. The largest absolute Gasteiger partial charge is 0.396 e. The van der Waals surface area contributed by atoms with Crippen molar-refractivity contribution in [2.24, 2.45) is 5.92 Å². The topological polar surface area (TPSA) is 35.5 Å². The molecule has 0 aliphatic carbocycles. The van der Waals surface area contributed by atoms with E-state index in [1.807, 2.05) is 0 Å². The van der Waals surface area contributed by atoms with Crippen LogP contribution in [0.5, 0.6) is 0 Å². The number of rotatable bonds is 9. The predicted molar refractivity (Wildman–Crippen MR) is 70.7 cm³/mol. The maximum Gasteiger partial charge on any atom is 0.0431 e. The van der Waals surface area contributed by atoms with Crippen LogP contribution in [-0.2, 0) is 0 Å². The van der Waals surface area contributed by atoms with Gasteiger partial charge in [0, 0.05) is 25.2 Å². The van der Waals surface area contributed by atoms with Crippen LogP contribution in [-0.4, -0.2) is 49.3 Å². The third-order valence-electron chi connectivity index (χ3n) is 2.66. The zero-order valence-corrected chi connectivity index (χ0v) is 11.7. The molecule has 0 heterocycles. The molecule has 0 fully saturated rings. The third kappa shape index (κ3) is 9.13. The van der Waals surface area contributed by atoms with Crippen molar-refractivity contribution in [2.45, 2.75) is 52.1 Å². The lowest BCUT2D eigenvalue weighted by atomic mass is 10.0. The molecule has 0 saturated heterocycles. The molecule has 98 valence electrons. The van der Waals surface area contributed by atoms with Gasteiger partial charge in [0.05, 0.1) is 0 Å². The number of nitrogens with one attached hydrogen (secondary N) is 1. The lowest BCUT2D eigenvalue weighted by Crippen LogP contribution is -2.43. The monoisotopic (exact) mass is 230 g/mol. The van der Waals surface area contributed by atoms with Gasteiger partial charge in [-0.05, 0) is 46.2 Å². The van der Waals surface area contributed by atoms with E-state index in [9.17, 15) is 0 Å². The summed E-state index contributed by atoms with van der Waals surface area (Å²) < 4.78 is 0. The van der Waals surface area contributed by atoms with Crippen molar-refractivity contribution in [3.05, 3.63) is 0 Å². The molecule has 0 radical (unpaired) electrons. The van der Waals surface area contributed by atoms with E-state index in [1.165, 1.54) is 6.42 Å². The quantitative estimate of drug-likeness (QED) is 0.633. The van der Waals surface area contributed by atoms with Crippen molar-refractivity contribution in [3.8, 4) is 0 Å². The van der Waals surface area contributed by atoms with E-state index < -0.39 is 0 Å². The SMILES string of the molecule is CC(C)CC(CN(C)C)NC(C)CCCO. The molecule has 0 rings (SSSR count). The lowest BCUT2D eigenvalue weighted by Gasteiger charge is -2.27. The Hall–Kier alpha value is -0.120. The first kappa shape index (κ1) is 15.9. The average Bonchev–Trinajstić information content (AvgIpc) is 2.12. The number of aliphatic hydroxyl groups is 1. The van der Waals surface area contributed by atoms with Crippen molar-refractivity contribution >= 4 is 0 Å². The van der Waals surface area contributed by atoms with E-state index in [2.05, 4.69) is 45.1 Å². The van der Waals surface area contributed by atoms with E-state index in [0.717, 1.165) is 25.3 Å². The number of nitrogens with zero attached hydrogens (tertiary/aromatic N) is 1. The summed E-state index contributed by atoms with van der Waals surface area (Å²) in [6.07, 6.45) is 3.16. The Bertz CT molecular complexity index is 150. The van der Waals surface area contributed by atoms with Crippen molar-refractivity contribution in [1.29, 1.82) is 0 Å². The van der Waals surface area contributed by atoms with Gasteiger partial charge in [0.1, 0.15) is 0 Å². The normalized spacial score (nSPS) is 15.8. The Morgan fingerprint density at radius 1 is 1.19 bits per heavy atom. The lowest BCUT2D eigenvalue weighted by molar-refractivity contribution is 0.257. The fraction of sp³-hybridized carbons (Fsp3) is 1.00. The molecule has 0 aromatic heterocycles. The van der Waals surface area contributed by atoms with Crippen LogP contribution in [0.2, 0.25) is 0 Å². The van der Waals surface area contributed by atoms with Gasteiger partial charge in [-0.2, -0.15) is 0 Å². The Kier molecular flexibility index (Phi) is 8.90. The average molecular weight is 230 g/mol. The Morgan fingerprint density at radius 2 is 1.81 bits per heavy atom. The molecule has 0 aliphatic rings. The molecule has 0 aromatic carbocycles. The van der Waals surface area contributed by atoms with E-state index in [0.29, 0.717) is 18.7 Å². The molecular weight excluding hydrogens is 200 g/mol. The second-order valence-electron chi connectivity index (χ2n) is 5.52. The molecule has 3 nitrogen and oxygen atoms in total. The van der Waals surface area contributed by atoms with E-state index in [1.54, 1.807) is 0 Å². The highest BCUT2D eigenvalue weighted by Gasteiger charge is 2.14. The van der Waals surface area contributed by atoms with Crippen LogP contribution in [0.15, 0.2) is 0 Å². The number of hydrogen-bond donors (Lipinski definition) is 2. The van der Waals surface area contributed by atoms with Crippen LogP contribution >= 0.6 is 0 Å². The highest BCUT2D eigenvalue weighted by Crippen LogP contribution is 2.08. The van der Waals surface area contributed by atoms with Gasteiger partial charge in [-0.15, -0.1) is 0 Å². The molecule has 2 unspecified atom stereocenters. The molecule has 0 saturated carbocycles.